The number of nitrogens with two attached hydrogens (primary N) is 1. The number of rotatable bonds is 2. The third-order valence-corrected chi connectivity index (χ3v) is 1.26. The maximum Gasteiger partial charge on any atom is 0.129 e. The molecule has 0 unspecified atom stereocenters. The average molecular weight is 158 g/mol. The van der Waals surface area contributed by atoms with Crippen molar-refractivity contribution in [2.45, 2.75) is 0 Å². The number of hydrogen-bond donors (Lipinski definition) is 2. The van der Waals surface area contributed by atoms with E-state index in [1.54, 1.807) is 12.3 Å². The molecule has 0 aliphatic heterocycles. The first kappa shape index (κ1) is 7.31. The van der Waals surface area contributed by atoms with Crippen LogP contribution in [0.2, 0.25) is 5.15 Å². The Morgan fingerprint density at radius 2 is 2.40 bits per heavy atom. The minimum atomic E-state index is 0.406. The lowest BCUT2D eigenvalue weighted by Gasteiger charge is -1.99. The summed E-state index contributed by atoms with van der Waals surface area (Å²) in [6.45, 7) is 0.406. The quantitative estimate of drug-likeness (QED) is 0.499. The second-order valence-corrected chi connectivity index (χ2v) is 2.14. The highest BCUT2D eigenvalue weighted by Crippen LogP contribution is 2.08. The van der Waals surface area contributed by atoms with E-state index in [0.717, 1.165) is 5.69 Å². The van der Waals surface area contributed by atoms with Crippen molar-refractivity contribution in [2.24, 2.45) is 5.73 Å². The third kappa shape index (κ3) is 1.86. The van der Waals surface area contributed by atoms with E-state index >= 15 is 0 Å². The van der Waals surface area contributed by atoms with E-state index in [1.165, 1.54) is 0 Å². The highest BCUT2D eigenvalue weighted by Gasteiger charge is 1.88. The topological polar surface area (TPSA) is 50.9 Å². The molecule has 1 aromatic heterocycles. The minimum absolute atomic E-state index is 0.406. The smallest absolute Gasteiger partial charge is 0.129 e. The van der Waals surface area contributed by atoms with Crippen LogP contribution in [-0.4, -0.2) is 11.7 Å². The van der Waals surface area contributed by atoms with Gasteiger partial charge < -0.3 is 11.1 Å². The van der Waals surface area contributed by atoms with Crippen LogP contribution in [0.15, 0.2) is 18.3 Å². The summed E-state index contributed by atoms with van der Waals surface area (Å²) in [7, 11) is 0. The molecule has 0 aliphatic carbocycles. The van der Waals surface area contributed by atoms with Crippen LogP contribution in [0.1, 0.15) is 0 Å². The van der Waals surface area contributed by atoms with Crippen molar-refractivity contribution in [3.63, 3.8) is 0 Å². The number of hydrogen-bond acceptors (Lipinski definition) is 3. The van der Waals surface area contributed by atoms with E-state index in [0.29, 0.717) is 11.8 Å². The van der Waals surface area contributed by atoms with Crippen LogP contribution < -0.4 is 11.1 Å². The van der Waals surface area contributed by atoms with E-state index in [-0.39, 0.29) is 0 Å². The van der Waals surface area contributed by atoms with Crippen molar-refractivity contribution in [2.75, 3.05) is 12.0 Å². The Labute approximate surface area is 64.2 Å². The summed E-state index contributed by atoms with van der Waals surface area (Å²) in [5, 5.41) is 3.38. The standard InChI is InChI=1S/C6H8ClN3/c7-6-2-1-5(3-9-6)10-4-8/h1-3,10H,4,8H2. The molecule has 54 valence electrons. The van der Waals surface area contributed by atoms with Gasteiger partial charge >= 0.3 is 0 Å². The molecular formula is C6H8ClN3. The maximum absolute atomic E-state index is 5.54. The number of nitrogens with zero attached hydrogens (tertiary/aromatic N) is 1. The zero-order valence-electron chi connectivity index (χ0n) is 5.34. The predicted molar refractivity (Wildman–Crippen MR) is 41.9 cm³/mol. The van der Waals surface area contributed by atoms with E-state index in [4.69, 9.17) is 17.3 Å². The normalized spacial score (nSPS) is 9.40. The SMILES string of the molecule is NCNc1ccc(Cl)nc1. The molecule has 0 aromatic carbocycles. The summed E-state index contributed by atoms with van der Waals surface area (Å²) in [5.74, 6) is 0. The zero-order valence-corrected chi connectivity index (χ0v) is 6.10. The van der Waals surface area contributed by atoms with Crippen LogP contribution in [0.25, 0.3) is 0 Å². The van der Waals surface area contributed by atoms with Crippen LogP contribution in [-0.2, 0) is 0 Å². The van der Waals surface area contributed by atoms with Gasteiger partial charge in [0.25, 0.3) is 0 Å². The first-order chi connectivity index (χ1) is 4.83. The summed E-state index contributed by atoms with van der Waals surface area (Å²) in [5.41, 5.74) is 6.11. The molecule has 0 saturated heterocycles. The monoisotopic (exact) mass is 157 g/mol. The second-order valence-electron chi connectivity index (χ2n) is 1.75. The molecular weight excluding hydrogens is 150 g/mol. The van der Waals surface area contributed by atoms with E-state index in [2.05, 4.69) is 10.3 Å². The van der Waals surface area contributed by atoms with Crippen molar-refractivity contribution in [3.8, 4) is 0 Å². The predicted octanol–water partition coefficient (Wildman–Crippen LogP) is 1.06. The van der Waals surface area contributed by atoms with Crippen molar-refractivity contribution in [1.82, 2.24) is 4.98 Å². The lowest BCUT2D eigenvalue weighted by Crippen LogP contribution is -2.10. The Morgan fingerprint density at radius 1 is 1.60 bits per heavy atom. The zero-order chi connectivity index (χ0) is 7.40. The largest absolute Gasteiger partial charge is 0.371 e. The van der Waals surface area contributed by atoms with Gasteiger partial charge in [0, 0.05) is 0 Å². The number of pyridine rings is 1. The van der Waals surface area contributed by atoms with Gasteiger partial charge in [-0.2, -0.15) is 0 Å². The number of nitrogens with one attached hydrogen (secondary N) is 1. The summed E-state index contributed by atoms with van der Waals surface area (Å²) < 4.78 is 0. The van der Waals surface area contributed by atoms with Crippen molar-refractivity contribution in [3.05, 3.63) is 23.5 Å². The van der Waals surface area contributed by atoms with E-state index < -0.39 is 0 Å². The molecule has 0 bridgehead atoms. The Bertz CT molecular complexity index is 197. The fourth-order valence-electron chi connectivity index (χ4n) is 0.598. The summed E-state index contributed by atoms with van der Waals surface area (Å²) in [6, 6.07) is 3.53. The van der Waals surface area contributed by atoms with Crippen LogP contribution in [0, 0.1) is 0 Å². The molecule has 0 amide bonds. The average Bonchev–Trinajstić information content (AvgIpc) is 1.95. The third-order valence-electron chi connectivity index (χ3n) is 1.03. The summed E-state index contributed by atoms with van der Waals surface area (Å²) in [4.78, 5) is 3.85. The minimum Gasteiger partial charge on any atom is -0.371 e. The van der Waals surface area contributed by atoms with Gasteiger partial charge in [-0.3, -0.25) is 0 Å². The molecule has 10 heavy (non-hydrogen) atoms. The molecule has 3 nitrogen and oxygen atoms in total. The first-order valence-corrected chi connectivity index (χ1v) is 3.26. The molecule has 0 aliphatic rings. The van der Waals surface area contributed by atoms with E-state index in [9.17, 15) is 0 Å². The Hall–Kier alpha value is -0.800. The van der Waals surface area contributed by atoms with Crippen LogP contribution in [0.5, 0.6) is 0 Å². The molecule has 1 heterocycles. The highest BCUT2D eigenvalue weighted by molar-refractivity contribution is 6.29. The Morgan fingerprint density at radius 3 is 2.90 bits per heavy atom. The molecule has 0 atom stereocenters. The van der Waals surface area contributed by atoms with Gasteiger partial charge in [-0.1, -0.05) is 11.6 Å². The summed E-state index contributed by atoms with van der Waals surface area (Å²) >= 11 is 5.54. The van der Waals surface area contributed by atoms with Gasteiger partial charge in [0.1, 0.15) is 5.15 Å². The maximum atomic E-state index is 5.54. The lowest BCUT2D eigenvalue weighted by molar-refractivity contribution is 1.13. The Kier molecular flexibility index (Phi) is 2.48. The fourth-order valence-corrected chi connectivity index (χ4v) is 0.710. The molecule has 1 aromatic rings. The fraction of sp³-hybridized carbons (Fsp3) is 0.167. The molecule has 0 spiro atoms. The van der Waals surface area contributed by atoms with Gasteiger partial charge in [-0.25, -0.2) is 4.98 Å². The van der Waals surface area contributed by atoms with Gasteiger partial charge in [0.2, 0.25) is 0 Å². The van der Waals surface area contributed by atoms with E-state index in [1.807, 2.05) is 6.07 Å². The highest BCUT2D eigenvalue weighted by atomic mass is 35.5. The van der Waals surface area contributed by atoms with Crippen molar-refractivity contribution < 1.29 is 0 Å². The van der Waals surface area contributed by atoms with Crippen molar-refractivity contribution >= 4 is 17.3 Å². The summed E-state index contributed by atoms with van der Waals surface area (Å²) in [6.07, 6.45) is 1.63. The molecule has 4 heteroatoms. The van der Waals surface area contributed by atoms with Gasteiger partial charge in [0.05, 0.1) is 18.6 Å². The lowest BCUT2D eigenvalue weighted by atomic mass is 10.4. The second kappa shape index (κ2) is 3.39. The van der Waals surface area contributed by atoms with Gasteiger partial charge in [-0.05, 0) is 12.1 Å². The first-order valence-electron chi connectivity index (χ1n) is 2.88. The van der Waals surface area contributed by atoms with Gasteiger partial charge in [-0.15, -0.1) is 0 Å². The number of aromatic nitrogens is 1. The van der Waals surface area contributed by atoms with Crippen molar-refractivity contribution in [1.29, 1.82) is 0 Å². The molecule has 0 radical (unpaired) electrons. The number of halogens is 1. The number of anilines is 1. The van der Waals surface area contributed by atoms with Gasteiger partial charge in [0.15, 0.2) is 0 Å². The van der Waals surface area contributed by atoms with Crippen LogP contribution in [0.3, 0.4) is 0 Å². The molecule has 1 rings (SSSR count). The Balaban J connectivity index is 2.69. The van der Waals surface area contributed by atoms with Crippen LogP contribution >= 0.6 is 11.6 Å². The molecule has 3 N–H and O–H groups in total. The van der Waals surface area contributed by atoms with Crippen LogP contribution in [0.4, 0.5) is 5.69 Å². The molecule has 0 saturated carbocycles. The molecule has 0 fully saturated rings.